The van der Waals surface area contributed by atoms with Crippen LogP contribution >= 0.6 is 0 Å². The highest BCUT2D eigenvalue weighted by Crippen LogP contribution is 2.18. The van der Waals surface area contributed by atoms with Crippen LogP contribution in [0.15, 0.2) is 35.7 Å². The van der Waals surface area contributed by atoms with Gasteiger partial charge in [0.15, 0.2) is 0 Å². The smallest absolute Gasteiger partial charge is 0.253 e. The molecule has 1 N–H and O–H groups in total. The second-order valence-corrected chi connectivity index (χ2v) is 6.69. The summed E-state index contributed by atoms with van der Waals surface area (Å²) in [6.45, 7) is 7.19. The van der Waals surface area contributed by atoms with Gasteiger partial charge in [-0.05, 0) is 31.5 Å². The maximum Gasteiger partial charge on any atom is 0.253 e. The Morgan fingerprint density at radius 1 is 1.50 bits per heavy atom. The molecule has 0 aromatic heterocycles. The summed E-state index contributed by atoms with van der Waals surface area (Å²) in [6, 6.07) is 3.32. The van der Waals surface area contributed by atoms with Crippen LogP contribution in [0, 0.1) is 5.82 Å². The molecule has 0 aliphatic heterocycles. The van der Waals surface area contributed by atoms with Crippen LogP contribution in [0.25, 0.3) is 0 Å². The van der Waals surface area contributed by atoms with Crippen molar-refractivity contribution in [2.75, 3.05) is 13.6 Å². The summed E-state index contributed by atoms with van der Waals surface area (Å²) in [7, 11) is -2.40. The molecule has 0 bridgehead atoms. The zero-order chi connectivity index (χ0) is 16.9. The number of carbonyl (C=O) groups excluding carboxylic acids is 1. The number of hydrogen-bond acceptors (Lipinski definition) is 3. The van der Waals surface area contributed by atoms with E-state index in [1.54, 1.807) is 7.05 Å². The number of sulfonamides is 1. The lowest BCUT2D eigenvalue weighted by atomic mass is 10.1. The number of nitrogens with zero attached hydrogens (tertiary/aromatic N) is 1. The van der Waals surface area contributed by atoms with Crippen molar-refractivity contribution in [1.82, 2.24) is 9.62 Å². The molecule has 0 spiro atoms. The molecule has 1 aromatic rings. The van der Waals surface area contributed by atoms with E-state index in [1.165, 1.54) is 17.0 Å². The highest BCUT2D eigenvalue weighted by atomic mass is 32.2. The molecular formula is C15H21FN2O3S. The van der Waals surface area contributed by atoms with Gasteiger partial charge in [-0.2, -0.15) is 0 Å². The van der Waals surface area contributed by atoms with Crippen LogP contribution < -0.4 is 4.72 Å². The maximum absolute atomic E-state index is 13.8. The molecule has 0 radical (unpaired) electrons. The molecular weight excluding hydrogens is 307 g/mol. The van der Waals surface area contributed by atoms with E-state index in [2.05, 4.69) is 11.3 Å². The van der Waals surface area contributed by atoms with Gasteiger partial charge in [0, 0.05) is 25.2 Å². The third kappa shape index (κ3) is 4.14. The van der Waals surface area contributed by atoms with Crippen LogP contribution in [0.5, 0.6) is 0 Å². The molecule has 22 heavy (non-hydrogen) atoms. The third-order valence-electron chi connectivity index (χ3n) is 3.46. The fourth-order valence-electron chi connectivity index (χ4n) is 1.77. The van der Waals surface area contributed by atoms with Crippen LogP contribution in [-0.2, 0) is 10.0 Å². The van der Waals surface area contributed by atoms with Crippen molar-refractivity contribution in [3.8, 4) is 0 Å². The normalized spacial score (nSPS) is 12.7. The summed E-state index contributed by atoms with van der Waals surface area (Å²) in [5, 5.41) is 0. The topological polar surface area (TPSA) is 66.5 Å². The van der Waals surface area contributed by atoms with Crippen LogP contribution in [0.2, 0.25) is 0 Å². The zero-order valence-electron chi connectivity index (χ0n) is 13.0. The van der Waals surface area contributed by atoms with Gasteiger partial charge in [0.1, 0.15) is 10.7 Å². The monoisotopic (exact) mass is 328 g/mol. The number of halogens is 1. The lowest BCUT2D eigenvalue weighted by molar-refractivity contribution is 0.0740. The van der Waals surface area contributed by atoms with Gasteiger partial charge in [-0.25, -0.2) is 17.5 Å². The standard InChI is InChI=1S/C15H21FN2O3S/c1-5-9-17-22(20,21)14-10-12(7-8-13(14)16)15(19)18(4)11(3)6-2/h5,7-8,10-11,17H,1,6,9H2,2-4H3. The molecule has 1 atom stereocenters. The first-order valence-corrected chi connectivity index (χ1v) is 8.40. The predicted octanol–water partition coefficient (Wildman–Crippen LogP) is 2.16. The minimum atomic E-state index is -4.03. The number of hydrogen-bond donors (Lipinski definition) is 1. The van der Waals surface area contributed by atoms with Crippen LogP contribution in [-0.4, -0.2) is 38.9 Å². The molecule has 7 heteroatoms. The first-order chi connectivity index (χ1) is 10.2. The number of amides is 1. The Balaban J connectivity index is 3.20. The Hall–Kier alpha value is -1.73. The molecule has 1 rings (SSSR count). The minimum absolute atomic E-state index is 0.00324. The van der Waals surface area contributed by atoms with E-state index in [4.69, 9.17) is 0 Å². The Morgan fingerprint density at radius 3 is 2.68 bits per heavy atom. The Kier molecular flexibility index (Phi) is 6.25. The van der Waals surface area contributed by atoms with Gasteiger partial charge in [0.05, 0.1) is 0 Å². The van der Waals surface area contributed by atoms with E-state index in [9.17, 15) is 17.6 Å². The fraction of sp³-hybridized carbons (Fsp3) is 0.400. The number of nitrogens with one attached hydrogen (secondary N) is 1. The molecule has 1 aromatic carbocycles. The second kappa shape index (κ2) is 7.51. The number of rotatable bonds is 7. The summed E-state index contributed by atoms with van der Waals surface area (Å²) in [4.78, 5) is 13.3. The van der Waals surface area contributed by atoms with Crippen molar-refractivity contribution in [2.24, 2.45) is 0 Å². The fourth-order valence-corrected chi connectivity index (χ4v) is 2.87. The largest absolute Gasteiger partial charge is 0.339 e. The maximum atomic E-state index is 13.8. The van der Waals surface area contributed by atoms with E-state index < -0.39 is 20.7 Å². The summed E-state index contributed by atoms with van der Waals surface area (Å²) in [6.07, 6.45) is 2.11. The molecule has 1 amide bonds. The number of benzene rings is 1. The molecule has 0 saturated heterocycles. The molecule has 1 unspecified atom stereocenters. The van der Waals surface area contributed by atoms with Crippen molar-refractivity contribution >= 4 is 15.9 Å². The van der Waals surface area contributed by atoms with Crippen molar-refractivity contribution < 1.29 is 17.6 Å². The van der Waals surface area contributed by atoms with Gasteiger partial charge in [-0.1, -0.05) is 13.0 Å². The summed E-state index contributed by atoms with van der Waals surface area (Å²) >= 11 is 0. The van der Waals surface area contributed by atoms with E-state index in [1.807, 2.05) is 13.8 Å². The first kappa shape index (κ1) is 18.3. The van der Waals surface area contributed by atoms with Crippen LogP contribution in [0.4, 0.5) is 4.39 Å². The highest BCUT2D eigenvalue weighted by Gasteiger charge is 2.22. The van der Waals surface area contributed by atoms with E-state index in [0.717, 1.165) is 18.6 Å². The lowest BCUT2D eigenvalue weighted by Crippen LogP contribution is -2.34. The SMILES string of the molecule is C=CCNS(=O)(=O)c1cc(C(=O)N(C)C(C)CC)ccc1F. The van der Waals surface area contributed by atoms with Gasteiger partial charge in [0.25, 0.3) is 5.91 Å². The van der Waals surface area contributed by atoms with Gasteiger partial charge >= 0.3 is 0 Å². The summed E-state index contributed by atoms with van der Waals surface area (Å²) in [5.41, 5.74) is 0.128. The third-order valence-corrected chi connectivity index (χ3v) is 4.90. The second-order valence-electron chi connectivity index (χ2n) is 4.96. The van der Waals surface area contributed by atoms with E-state index in [-0.39, 0.29) is 24.1 Å². The van der Waals surface area contributed by atoms with Gasteiger partial charge in [-0.3, -0.25) is 4.79 Å². The Labute approximate surface area is 130 Å². The summed E-state index contributed by atoms with van der Waals surface area (Å²) in [5.74, 6) is -1.26. The van der Waals surface area contributed by atoms with Crippen LogP contribution in [0.3, 0.4) is 0 Å². The molecule has 0 aliphatic carbocycles. The van der Waals surface area contributed by atoms with Gasteiger partial charge < -0.3 is 4.90 Å². The Bertz CT molecular complexity index is 659. The van der Waals surface area contributed by atoms with E-state index >= 15 is 0 Å². The highest BCUT2D eigenvalue weighted by molar-refractivity contribution is 7.89. The molecule has 0 fully saturated rings. The zero-order valence-corrected chi connectivity index (χ0v) is 13.8. The molecule has 0 saturated carbocycles. The average Bonchev–Trinajstić information content (AvgIpc) is 2.51. The van der Waals surface area contributed by atoms with Gasteiger partial charge in [-0.15, -0.1) is 6.58 Å². The Morgan fingerprint density at radius 2 is 2.14 bits per heavy atom. The molecule has 0 aliphatic rings. The predicted molar refractivity (Wildman–Crippen MR) is 83.6 cm³/mol. The van der Waals surface area contributed by atoms with Crippen molar-refractivity contribution in [3.05, 3.63) is 42.2 Å². The average molecular weight is 328 g/mol. The lowest BCUT2D eigenvalue weighted by Gasteiger charge is -2.24. The van der Waals surface area contributed by atoms with Crippen LogP contribution in [0.1, 0.15) is 30.6 Å². The van der Waals surface area contributed by atoms with Crippen molar-refractivity contribution in [2.45, 2.75) is 31.2 Å². The summed E-state index contributed by atoms with van der Waals surface area (Å²) < 4.78 is 40.0. The van der Waals surface area contributed by atoms with Crippen molar-refractivity contribution in [1.29, 1.82) is 0 Å². The van der Waals surface area contributed by atoms with E-state index in [0.29, 0.717) is 0 Å². The molecule has 0 heterocycles. The quantitative estimate of drug-likeness (QED) is 0.780. The molecule has 5 nitrogen and oxygen atoms in total. The number of carbonyl (C=O) groups is 1. The molecule has 122 valence electrons. The van der Waals surface area contributed by atoms with Crippen molar-refractivity contribution in [3.63, 3.8) is 0 Å². The first-order valence-electron chi connectivity index (χ1n) is 6.91. The minimum Gasteiger partial charge on any atom is -0.339 e. The van der Waals surface area contributed by atoms with Gasteiger partial charge in [0.2, 0.25) is 10.0 Å².